The van der Waals surface area contributed by atoms with E-state index in [1.807, 2.05) is 36.7 Å². The van der Waals surface area contributed by atoms with Gasteiger partial charge in [-0.2, -0.15) is 5.26 Å². The maximum atomic E-state index is 8.79. The van der Waals surface area contributed by atoms with Gasteiger partial charge in [0.15, 0.2) is 0 Å². The summed E-state index contributed by atoms with van der Waals surface area (Å²) in [5.41, 5.74) is 5.91. The molecule has 17 heavy (non-hydrogen) atoms. The first-order chi connectivity index (χ1) is 8.38. The predicted octanol–water partition coefficient (Wildman–Crippen LogP) is 3.11. The van der Waals surface area contributed by atoms with Crippen molar-refractivity contribution >= 4 is 0 Å². The predicted molar refractivity (Wildman–Crippen MR) is 66.4 cm³/mol. The lowest BCUT2D eigenvalue weighted by atomic mass is 9.99. The third kappa shape index (κ3) is 1.70. The molecule has 0 fully saturated rings. The van der Waals surface area contributed by atoms with Crippen LogP contribution >= 0.6 is 0 Å². The zero-order valence-corrected chi connectivity index (χ0v) is 9.48. The maximum Gasteiger partial charge on any atom is 0.0991 e. The van der Waals surface area contributed by atoms with E-state index in [-0.39, 0.29) is 0 Å². The van der Waals surface area contributed by atoms with E-state index >= 15 is 0 Å². The molecule has 1 aromatic carbocycles. The van der Waals surface area contributed by atoms with Crippen LogP contribution in [0.5, 0.6) is 0 Å². The van der Waals surface area contributed by atoms with Crippen molar-refractivity contribution in [3.8, 4) is 17.2 Å². The van der Waals surface area contributed by atoms with Gasteiger partial charge in [0, 0.05) is 18.0 Å². The fourth-order valence-corrected chi connectivity index (χ4v) is 2.47. The fourth-order valence-electron chi connectivity index (χ4n) is 2.47. The molecule has 1 aliphatic rings. The van der Waals surface area contributed by atoms with Crippen LogP contribution in [-0.4, -0.2) is 4.98 Å². The topological polar surface area (TPSA) is 36.7 Å². The molecule has 0 aliphatic heterocycles. The quantitative estimate of drug-likeness (QED) is 0.740. The Kier molecular flexibility index (Phi) is 2.38. The standard InChI is InChI=1S/C15H12N2/c16-8-11-4-6-12(7-5-11)15-10-17-9-13-2-1-3-14(13)15/h4-7,9-10H,1-3H2. The van der Waals surface area contributed by atoms with Crippen LogP contribution in [0, 0.1) is 11.3 Å². The fraction of sp³-hybridized carbons (Fsp3) is 0.200. The minimum absolute atomic E-state index is 0.703. The molecule has 0 saturated heterocycles. The minimum Gasteiger partial charge on any atom is -0.264 e. The van der Waals surface area contributed by atoms with Crippen molar-refractivity contribution in [3.63, 3.8) is 0 Å². The highest BCUT2D eigenvalue weighted by molar-refractivity contribution is 5.69. The van der Waals surface area contributed by atoms with E-state index in [4.69, 9.17) is 5.26 Å². The summed E-state index contributed by atoms with van der Waals surface area (Å²) in [6.45, 7) is 0. The molecule has 1 heterocycles. The highest BCUT2D eigenvalue weighted by Crippen LogP contribution is 2.31. The summed E-state index contributed by atoms with van der Waals surface area (Å²) in [7, 11) is 0. The molecule has 0 spiro atoms. The summed E-state index contributed by atoms with van der Waals surface area (Å²) >= 11 is 0. The van der Waals surface area contributed by atoms with Crippen LogP contribution < -0.4 is 0 Å². The number of nitriles is 1. The molecule has 0 bridgehead atoms. The average molecular weight is 220 g/mol. The second-order valence-corrected chi connectivity index (χ2v) is 4.37. The van der Waals surface area contributed by atoms with Crippen molar-refractivity contribution in [1.82, 2.24) is 4.98 Å². The van der Waals surface area contributed by atoms with Gasteiger partial charge in [-0.05, 0) is 48.1 Å². The molecule has 0 N–H and O–H groups in total. The minimum atomic E-state index is 0.703. The molecule has 0 unspecified atom stereocenters. The first kappa shape index (κ1) is 10.0. The third-order valence-electron chi connectivity index (χ3n) is 3.34. The van der Waals surface area contributed by atoms with Gasteiger partial charge in [0.2, 0.25) is 0 Å². The Morgan fingerprint density at radius 3 is 2.65 bits per heavy atom. The Labute approximate surface area is 101 Å². The van der Waals surface area contributed by atoms with Gasteiger partial charge in [0.1, 0.15) is 0 Å². The van der Waals surface area contributed by atoms with E-state index in [2.05, 4.69) is 11.1 Å². The van der Waals surface area contributed by atoms with Crippen LogP contribution in [0.4, 0.5) is 0 Å². The molecule has 3 rings (SSSR count). The number of nitrogens with zero attached hydrogens (tertiary/aromatic N) is 2. The molecule has 82 valence electrons. The van der Waals surface area contributed by atoms with Crippen molar-refractivity contribution in [2.75, 3.05) is 0 Å². The zero-order chi connectivity index (χ0) is 11.7. The molecule has 0 saturated carbocycles. The molecule has 0 atom stereocenters. The molecular formula is C15H12N2. The number of fused-ring (bicyclic) bond motifs is 1. The normalized spacial score (nSPS) is 13.1. The molecule has 2 heteroatoms. The number of benzene rings is 1. The van der Waals surface area contributed by atoms with Crippen molar-refractivity contribution in [2.24, 2.45) is 0 Å². The van der Waals surface area contributed by atoms with E-state index in [0.29, 0.717) is 5.56 Å². The van der Waals surface area contributed by atoms with Crippen molar-refractivity contribution in [1.29, 1.82) is 5.26 Å². The second kappa shape index (κ2) is 4.03. The van der Waals surface area contributed by atoms with Crippen LogP contribution in [0.25, 0.3) is 11.1 Å². The Balaban J connectivity index is 2.10. The van der Waals surface area contributed by atoms with Gasteiger partial charge in [-0.15, -0.1) is 0 Å². The zero-order valence-electron chi connectivity index (χ0n) is 9.48. The van der Waals surface area contributed by atoms with E-state index < -0.39 is 0 Å². The van der Waals surface area contributed by atoms with Gasteiger partial charge in [0.25, 0.3) is 0 Å². The maximum absolute atomic E-state index is 8.79. The molecule has 1 aromatic heterocycles. The second-order valence-electron chi connectivity index (χ2n) is 4.37. The van der Waals surface area contributed by atoms with Gasteiger partial charge in [-0.3, -0.25) is 4.98 Å². The number of pyridine rings is 1. The van der Waals surface area contributed by atoms with E-state index in [9.17, 15) is 0 Å². The first-order valence-electron chi connectivity index (χ1n) is 5.85. The summed E-state index contributed by atoms with van der Waals surface area (Å²) in [6.07, 6.45) is 7.44. The number of aryl methyl sites for hydroxylation is 1. The molecule has 0 amide bonds. The third-order valence-corrected chi connectivity index (χ3v) is 3.34. The lowest BCUT2D eigenvalue weighted by molar-refractivity contribution is 0.911. The van der Waals surface area contributed by atoms with Gasteiger partial charge < -0.3 is 0 Å². The van der Waals surface area contributed by atoms with Crippen molar-refractivity contribution in [2.45, 2.75) is 19.3 Å². The highest BCUT2D eigenvalue weighted by atomic mass is 14.6. The molecule has 2 nitrogen and oxygen atoms in total. The van der Waals surface area contributed by atoms with Gasteiger partial charge in [-0.25, -0.2) is 0 Å². The summed E-state index contributed by atoms with van der Waals surface area (Å²) in [4.78, 5) is 4.31. The Morgan fingerprint density at radius 1 is 1.06 bits per heavy atom. The smallest absolute Gasteiger partial charge is 0.0991 e. The van der Waals surface area contributed by atoms with Crippen LogP contribution in [0.15, 0.2) is 36.7 Å². The largest absolute Gasteiger partial charge is 0.264 e. The SMILES string of the molecule is N#Cc1ccc(-c2cncc3c2CCC3)cc1. The van der Waals surface area contributed by atoms with E-state index in [1.54, 1.807) is 0 Å². The summed E-state index contributed by atoms with van der Waals surface area (Å²) in [5, 5.41) is 8.79. The molecular weight excluding hydrogens is 208 g/mol. The Hall–Kier alpha value is -2.14. The summed E-state index contributed by atoms with van der Waals surface area (Å²) in [6, 6.07) is 9.89. The summed E-state index contributed by atoms with van der Waals surface area (Å²) < 4.78 is 0. The average Bonchev–Trinajstić information content (AvgIpc) is 2.87. The van der Waals surface area contributed by atoms with Gasteiger partial charge in [0.05, 0.1) is 11.6 Å². The van der Waals surface area contributed by atoms with E-state index in [1.165, 1.54) is 23.1 Å². The highest BCUT2D eigenvalue weighted by Gasteiger charge is 2.15. The van der Waals surface area contributed by atoms with Crippen LogP contribution in [-0.2, 0) is 12.8 Å². The lowest BCUT2D eigenvalue weighted by Gasteiger charge is -2.07. The summed E-state index contributed by atoms with van der Waals surface area (Å²) in [5.74, 6) is 0. The van der Waals surface area contributed by atoms with Crippen LogP contribution in [0.2, 0.25) is 0 Å². The van der Waals surface area contributed by atoms with E-state index in [0.717, 1.165) is 18.4 Å². The number of hydrogen-bond donors (Lipinski definition) is 0. The molecule has 2 aromatic rings. The Morgan fingerprint density at radius 2 is 1.88 bits per heavy atom. The van der Waals surface area contributed by atoms with Gasteiger partial charge in [-0.1, -0.05) is 12.1 Å². The van der Waals surface area contributed by atoms with Gasteiger partial charge >= 0.3 is 0 Å². The molecule has 1 aliphatic carbocycles. The Bertz CT molecular complexity index is 591. The van der Waals surface area contributed by atoms with Crippen molar-refractivity contribution in [3.05, 3.63) is 53.3 Å². The first-order valence-corrected chi connectivity index (χ1v) is 5.85. The number of aromatic nitrogens is 1. The molecule has 0 radical (unpaired) electrons. The number of rotatable bonds is 1. The lowest BCUT2D eigenvalue weighted by Crippen LogP contribution is -1.90. The van der Waals surface area contributed by atoms with Crippen molar-refractivity contribution < 1.29 is 0 Å². The number of hydrogen-bond acceptors (Lipinski definition) is 2. The monoisotopic (exact) mass is 220 g/mol. The van der Waals surface area contributed by atoms with Crippen LogP contribution in [0.1, 0.15) is 23.1 Å². The van der Waals surface area contributed by atoms with Crippen LogP contribution in [0.3, 0.4) is 0 Å².